The lowest BCUT2D eigenvalue weighted by Crippen LogP contribution is -2.29. The van der Waals surface area contributed by atoms with Crippen molar-refractivity contribution in [2.45, 2.75) is 13.5 Å². The molecular formula is C18H15N3O3. The first-order valence-electron chi connectivity index (χ1n) is 7.40. The number of hydrogen-bond acceptors (Lipinski definition) is 4. The highest BCUT2D eigenvalue weighted by Gasteiger charge is 2.09. The van der Waals surface area contributed by atoms with E-state index in [1.54, 1.807) is 48.7 Å². The fourth-order valence-electron chi connectivity index (χ4n) is 2.39. The maximum Gasteiger partial charge on any atom is 0.275 e. The molecule has 3 rings (SSSR count). The molecule has 0 unspecified atom stereocenters. The lowest BCUT2D eigenvalue weighted by atomic mass is 10.1. The molecule has 0 atom stereocenters. The van der Waals surface area contributed by atoms with Crippen molar-refractivity contribution < 1.29 is 9.59 Å². The molecule has 0 aliphatic heterocycles. The molecule has 0 saturated heterocycles. The molecule has 6 heteroatoms. The minimum absolute atomic E-state index is 0.0847. The molecule has 0 aliphatic carbocycles. The third-order valence-electron chi connectivity index (χ3n) is 3.61. The van der Waals surface area contributed by atoms with E-state index in [0.29, 0.717) is 16.6 Å². The fourth-order valence-corrected chi connectivity index (χ4v) is 2.39. The zero-order valence-corrected chi connectivity index (χ0v) is 13.0. The molecule has 0 fully saturated rings. The quantitative estimate of drug-likeness (QED) is 0.747. The van der Waals surface area contributed by atoms with Crippen LogP contribution in [-0.2, 0) is 11.3 Å². The van der Waals surface area contributed by atoms with Crippen LogP contribution in [0.4, 0.5) is 5.69 Å². The molecule has 2 aromatic carbocycles. The molecular weight excluding hydrogens is 306 g/mol. The van der Waals surface area contributed by atoms with Crippen LogP contribution in [0.2, 0.25) is 0 Å². The molecule has 1 N–H and O–H groups in total. The summed E-state index contributed by atoms with van der Waals surface area (Å²) in [6.07, 6.45) is 1.56. The first kappa shape index (κ1) is 15.6. The molecule has 120 valence electrons. The standard InChI is InChI=1S/C18H15N3O3/c1-12(22)13-6-4-7-15(9-13)20-17(23)11-21-18(24)16-8-3-2-5-14(16)10-19-21/h2-10H,11H2,1H3,(H,20,23). The lowest BCUT2D eigenvalue weighted by Gasteiger charge is -2.08. The van der Waals surface area contributed by atoms with Crippen molar-refractivity contribution in [1.82, 2.24) is 9.78 Å². The average molecular weight is 321 g/mol. The van der Waals surface area contributed by atoms with Crippen LogP contribution in [0.1, 0.15) is 17.3 Å². The largest absolute Gasteiger partial charge is 0.324 e. The number of Topliss-reactive ketones (excluding diaryl/α,β-unsaturated/α-hetero) is 1. The number of aromatic nitrogens is 2. The first-order chi connectivity index (χ1) is 11.5. The first-order valence-corrected chi connectivity index (χ1v) is 7.40. The molecule has 1 heterocycles. The van der Waals surface area contributed by atoms with Gasteiger partial charge in [0.15, 0.2) is 5.78 Å². The van der Waals surface area contributed by atoms with E-state index in [4.69, 9.17) is 0 Å². The Bertz CT molecular complexity index is 992. The van der Waals surface area contributed by atoms with E-state index in [1.165, 1.54) is 6.92 Å². The van der Waals surface area contributed by atoms with Crippen molar-refractivity contribution in [2.24, 2.45) is 0 Å². The van der Waals surface area contributed by atoms with Gasteiger partial charge in [-0.3, -0.25) is 14.4 Å². The number of carbonyl (C=O) groups excluding carboxylic acids is 2. The number of benzene rings is 2. The predicted octanol–water partition coefficient (Wildman–Crippen LogP) is 2.24. The zero-order chi connectivity index (χ0) is 17.1. The van der Waals surface area contributed by atoms with Crippen LogP contribution in [0.25, 0.3) is 10.8 Å². The highest BCUT2D eigenvalue weighted by molar-refractivity contribution is 5.97. The van der Waals surface area contributed by atoms with Crippen LogP contribution in [0.15, 0.2) is 59.5 Å². The second-order valence-corrected chi connectivity index (χ2v) is 5.38. The van der Waals surface area contributed by atoms with Crippen molar-refractivity contribution >= 4 is 28.2 Å². The topological polar surface area (TPSA) is 81.1 Å². The van der Waals surface area contributed by atoms with Gasteiger partial charge in [-0.1, -0.05) is 30.3 Å². The monoisotopic (exact) mass is 321 g/mol. The summed E-state index contributed by atoms with van der Waals surface area (Å²) in [7, 11) is 0. The smallest absolute Gasteiger partial charge is 0.275 e. The highest BCUT2D eigenvalue weighted by atomic mass is 16.2. The molecule has 3 aromatic rings. The van der Waals surface area contributed by atoms with E-state index in [1.807, 2.05) is 6.07 Å². The predicted molar refractivity (Wildman–Crippen MR) is 91.1 cm³/mol. The van der Waals surface area contributed by atoms with Crippen LogP contribution in [0.3, 0.4) is 0 Å². The Morgan fingerprint density at radius 2 is 1.92 bits per heavy atom. The number of fused-ring (bicyclic) bond motifs is 1. The summed E-state index contributed by atoms with van der Waals surface area (Å²) in [6.45, 7) is 1.26. The van der Waals surface area contributed by atoms with Gasteiger partial charge < -0.3 is 5.32 Å². The minimum Gasteiger partial charge on any atom is -0.324 e. The lowest BCUT2D eigenvalue weighted by molar-refractivity contribution is -0.117. The van der Waals surface area contributed by atoms with Gasteiger partial charge in [-0.15, -0.1) is 0 Å². The summed E-state index contributed by atoms with van der Waals surface area (Å²) in [5.74, 6) is -0.473. The Labute approximate surface area is 137 Å². The second-order valence-electron chi connectivity index (χ2n) is 5.38. The van der Waals surface area contributed by atoms with Crippen molar-refractivity contribution in [3.63, 3.8) is 0 Å². The van der Waals surface area contributed by atoms with Gasteiger partial charge in [0.1, 0.15) is 6.54 Å². The molecule has 24 heavy (non-hydrogen) atoms. The second kappa shape index (κ2) is 6.45. The Hall–Kier alpha value is -3.28. The number of anilines is 1. The van der Waals surface area contributed by atoms with Gasteiger partial charge in [0.2, 0.25) is 5.91 Å². The number of amides is 1. The van der Waals surface area contributed by atoms with Gasteiger partial charge in [-0.2, -0.15) is 5.10 Å². The van der Waals surface area contributed by atoms with Gasteiger partial charge in [0.25, 0.3) is 5.56 Å². The van der Waals surface area contributed by atoms with E-state index in [-0.39, 0.29) is 23.8 Å². The number of ketones is 1. The van der Waals surface area contributed by atoms with E-state index >= 15 is 0 Å². The molecule has 6 nitrogen and oxygen atoms in total. The molecule has 0 saturated carbocycles. The van der Waals surface area contributed by atoms with Crippen LogP contribution in [0.5, 0.6) is 0 Å². The van der Waals surface area contributed by atoms with Gasteiger partial charge in [0.05, 0.1) is 11.6 Å². The highest BCUT2D eigenvalue weighted by Crippen LogP contribution is 2.11. The normalized spacial score (nSPS) is 10.5. The summed E-state index contributed by atoms with van der Waals surface area (Å²) in [6, 6.07) is 13.7. The molecule has 0 spiro atoms. The number of rotatable bonds is 4. The average Bonchev–Trinajstić information content (AvgIpc) is 2.58. The molecule has 1 aromatic heterocycles. The maximum atomic E-state index is 12.3. The molecule has 0 aliphatic rings. The van der Waals surface area contributed by atoms with E-state index in [2.05, 4.69) is 10.4 Å². The Morgan fingerprint density at radius 1 is 1.12 bits per heavy atom. The van der Waals surface area contributed by atoms with Crippen molar-refractivity contribution in [1.29, 1.82) is 0 Å². The summed E-state index contributed by atoms with van der Waals surface area (Å²) in [5.41, 5.74) is 0.691. The number of nitrogens with zero attached hydrogens (tertiary/aromatic N) is 2. The van der Waals surface area contributed by atoms with E-state index in [9.17, 15) is 14.4 Å². The fraction of sp³-hybridized carbons (Fsp3) is 0.111. The van der Waals surface area contributed by atoms with Gasteiger partial charge in [-0.05, 0) is 25.1 Å². The number of hydrogen-bond donors (Lipinski definition) is 1. The summed E-state index contributed by atoms with van der Waals surface area (Å²) in [5, 5.41) is 7.94. The Kier molecular flexibility index (Phi) is 4.20. The minimum atomic E-state index is -0.388. The number of nitrogens with one attached hydrogen (secondary N) is 1. The molecule has 0 radical (unpaired) electrons. The van der Waals surface area contributed by atoms with Gasteiger partial charge >= 0.3 is 0 Å². The van der Waals surface area contributed by atoms with Gasteiger partial charge in [-0.25, -0.2) is 4.68 Å². The zero-order valence-electron chi connectivity index (χ0n) is 13.0. The molecule has 1 amide bonds. The SMILES string of the molecule is CC(=O)c1cccc(NC(=O)Cn2ncc3ccccc3c2=O)c1. The van der Waals surface area contributed by atoms with Crippen LogP contribution in [0, 0.1) is 0 Å². The van der Waals surface area contributed by atoms with Crippen molar-refractivity contribution in [2.75, 3.05) is 5.32 Å². The van der Waals surface area contributed by atoms with E-state index < -0.39 is 0 Å². The third kappa shape index (κ3) is 3.22. The van der Waals surface area contributed by atoms with Gasteiger partial charge in [0, 0.05) is 16.6 Å². The van der Waals surface area contributed by atoms with Crippen molar-refractivity contribution in [3.05, 3.63) is 70.6 Å². The number of carbonyl (C=O) groups is 2. The summed E-state index contributed by atoms with van der Waals surface area (Å²) < 4.78 is 1.12. The Balaban J connectivity index is 1.80. The summed E-state index contributed by atoms with van der Waals surface area (Å²) in [4.78, 5) is 35.9. The van der Waals surface area contributed by atoms with Crippen LogP contribution in [-0.4, -0.2) is 21.5 Å². The maximum absolute atomic E-state index is 12.3. The Morgan fingerprint density at radius 3 is 2.71 bits per heavy atom. The van der Waals surface area contributed by atoms with E-state index in [0.717, 1.165) is 10.1 Å². The van der Waals surface area contributed by atoms with Crippen LogP contribution < -0.4 is 10.9 Å². The summed E-state index contributed by atoms with van der Waals surface area (Å²) >= 11 is 0. The molecule has 0 bridgehead atoms. The van der Waals surface area contributed by atoms with Crippen molar-refractivity contribution in [3.8, 4) is 0 Å². The van der Waals surface area contributed by atoms with Crippen LogP contribution >= 0.6 is 0 Å². The third-order valence-corrected chi connectivity index (χ3v) is 3.61.